The van der Waals surface area contributed by atoms with E-state index in [9.17, 15) is 4.79 Å². The summed E-state index contributed by atoms with van der Waals surface area (Å²) in [6.07, 6.45) is 4.16. The highest BCUT2D eigenvalue weighted by atomic mass is 16.2. The SMILES string of the molecule is Nc1ncn(C(=O)C2(c3ccccc3)CCC2)n1. The van der Waals surface area contributed by atoms with Gasteiger partial charge in [0.1, 0.15) is 6.33 Å². The zero-order chi connectivity index (χ0) is 12.6. The van der Waals surface area contributed by atoms with E-state index in [1.807, 2.05) is 30.3 Å². The summed E-state index contributed by atoms with van der Waals surface area (Å²) in [5.41, 5.74) is 6.07. The predicted molar refractivity (Wildman–Crippen MR) is 67.0 cm³/mol. The summed E-state index contributed by atoms with van der Waals surface area (Å²) < 4.78 is 1.27. The Morgan fingerprint density at radius 1 is 1.28 bits per heavy atom. The molecule has 0 unspecified atom stereocenters. The third kappa shape index (κ3) is 1.51. The molecule has 1 aliphatic rings. The maximum Gasteiger partial charge on any atom is 0.259 e. The summed E-state index contributed by atoms with van der Waals surface area (Å²) in [4.78, 5) is 16.4. The Balaban J connectivity index is 2.00. The Bertz CT molecular complexity index is 572. The average Bonchev–Trinajstić information content (AvgIpc) is 2.76. The molecule has 18 heavy (non-hydrogen) atoms. The van der Waals surface area contributed by atoms with Crippen LogP contribution in [0.3, 0.4) is 0 Å². The topological polar surface area (TPSA) is 73.8 Å². The van der Waals surface area contributed by atoms with Gasteiger partial charge in [-0.2, -0.15) is 4.68 Å². The van der Waals surface area contributed by atoms with Crippen LogP contribution in [0.15, 0.2) is 36.7 Å². The Morgan fingerprint density at radius 2 is 2.00 bits per heavy atom. The number of nitrogen functional groups attached to an aromatic ring is 1. The molecule has 0 radical (unpaired) electrons. The maximum absolute atomic E-state index is 12.6. The quantitative estimate of drug-likeness (QED) is 0.868. The lowest BCUT2D eigenvalue weighted by atomic mass is 9.64. The molecule has 1 fully saturated rings. The number of anilines is 1. The number of hydrogen-bond acceptors (Lipinski definition) is 4. The molecule has 2 N–H and O–H groups in total. The number of hydrogen-bond donors (Lipinski definition) is 1. The van der Waals surface area contributed by atoms with Gasteiger partial charge in [0, 0.05) is 0 Å². The third-order valence-corrected chi connectivity index (χ3v) is 3.66. The number of aromatic nitrogens is 3. The Labute approximate surface area is 105 Å². The molecule has 0 amide bonds. The first kappa shape index (κ1) is 11.0. The molecule has 5 nitrogen and oxygen atoms in total. The van der Waals surface area contributed by atoms with Crippen molar-refractivity contribution in [1.29, 1.82) is 0 Å². The van der Waals surface area contributed by atoms with Crippen LogP contribution in [0, 0.1) is 0 Å². The monoisotopic (exact) mass is 242 g/mol. The van der Waals surface area contributed by atoms with Crippen LogP contribution in [0.1, 0.15) is 29.6 Å². The van der Waals surface area contributed by atoms with Crippen molar-refractivity contribution in [2.24, 2.45) is 0 Å². The minimum atomic E-state index is -0.443. The fourth-order valence-corrected chi connectivity index (χ4v) is 2.51. The molecule has 1 aliphatic carbocycles. The first-order valence-electron chi connectivity index (χ1n) is 6.00. The van der Waals surface area contributed by atoms with Gasteiger partial charge in [0.25, 0.3) is 5.91 Å². The van der Waals surface area contributed by atoms with E-state index in [1.54, 1.807) is 0 Å². The van der Waals surface area contributed by atoms with Crippen LogP contribution in [0.4, 0.5) is 5.95 Å². The summed E-state index contributed by atoms with van der Waals surface area (Å²) in [6.45, 7) is 0. The predicted octanol–water partition coefficient (Wildman–Crippen LogP) is 1.62. The lowest BCUT2D eigenvalue weighted by Gasteiger charge is -2.40. The Hall–Kier alpha value is -2.17. The normalized spacial score (nSPS) is 17.1. The molecule has 92 valence electrons. The van der Waals surface area contributed by atoms with E-state index in [0.717, 1.165) is 24.8 Å². The molecule has 5 heteroatoms. The molecule has 1 heterocycles. The lowest BCUT2D eigenvalue weighted by Crippen LogP contribution is -2.45. The fourth-order valence-electron chi connectivity index (χ4n) is 2.51. The molecule has 1 aromatic heterocycles. The number of carbonyl (C=O) groups excluding carboxylic acids is 1. The van der Waals surface area contributed by atoms with Crippen molar-refractivity contribution in [3.8, 4) is 0 Å². The fraction of sp³-hybridized carbons (Fsp3) is 0.308. The number of benzene rings is 1. The van der Waals surface area contributed by atoms with Crippen molar-refractivity contribution < 1.29 is 4.79 Å². The summed E-state index contributed by atoms with van der Waals surface area (Å²) in [6, 6.07) is 9.86. The molecule has 0 saturated heterocycles. The van der Waals surface area contributed by atoms with E-state index < -0.39 is 5.41 Å². The van der Waals surface area contributed by atoms with E-state index >= 15 is 0 Å². The van der Waals surface area contributed by atoms with Crippen LogP contribution in [0.2, 0.25) is 0 Å². The summed E-state index contributed by atoms with van der Waals surface area (Å²) in [5.74, 6) is 0.0926. The molecule has 0 bridgehead atoms. The van der Waals surface area contributed by atoms with Gasteiger partial charge in [-0.05, 0) is 18.4 Å². The van der Waals surface area contributed by atoms with E-state index in [2.05, 4.69) is 10.1 Å². The number of nitrogens with two attached hydrogens (primary N) is 1. The zero-order valence-electron chi connectivity index (χ0n) is 9.91. The van der Waals surface area contributed by atoms with Crippen molar-refractivity contribution in [3.63, 3.8) is 0 Å². The second-order valence-electron chi connectivity index (χ2n) is 4.65. The maximum atomic E-state index is 12.6. The second kappa shape index (κ2) is 3.94. The minimum absolute atomic E-state index is 0.0378. The Morgan fingerprint density at radius 3 is 2.50 bits per heavy atom. The van der Waals surface area contributed by atoms with Crippen LogP contribution in [0.25, 0.3) is 0 Å². The molecule has 0 atom stereocenters. The minimum Gasteiger partial charge on any atom is -0.366 e. The van der Waals surface area contributed by atoms with Crippen molar-refractivity contribution in [2.45, 2.75) is 24.7 Å². The molecule has 1 aromatic carbocycles. The first-order valence-corrected chi connectivity index (χ1v) is 6.00. The molecule has 2 aromatic rings. The second-order valence-corrected chi connectivity index (χ2v) is 4.65. The molecule has 0 spiro atoms. The van der Waals surface area contributed by atoms with Crippen molar-refractivity contribution in [2.75, 3.05) is 5.73 Å². The van der Waals surface area contributed by atoms with Gasteiger partial charge < -0.3 is 5.73 Å². The Kier molecular flexibility index (Phi) is 2.40. The summed E-state index contributed by atoms with van der Waals surface area (Å²) in [7, 11) is 0. The largest absolute Gasteiger partial charge is 0.366 e. The van der Waals surface area contributed by atoms with Gasteiger partial charge in [-0.15, -0.1) is 5.10 Å². The van der Waals surface area contributed by atoms with E-state index in [1.165, 1.54) is 11.0 Å². The smallest absolute Gasteiger partial charge is 0.259 e. The molecular formula is C13H14N4O. The first-order chi connectivity index (χ1) is 8.72. The lowest BCUT2D eigenvalue weighted by molar-refractivity contribution is 0.0676. The highest BCUT2D eigenvalue weighted by molar-refractivity contribution is 5.90. The highest BCUT2D eigenvalue weighted by Gasteiger charge is 2.46. The zero-order valence-corrected chi connectivity index (χ0v) is 9.91. The van der Waals surface area contributed by atoms with Gasteiger partial charge in [0.15, 0.2) is 0 Å². The van der Waals surface area contributed by atoms with Crippen molar-refractivity contribution >= 4 is 11.9 Å². The van der Waals surface area contributed by atoms with Crippen LogP contribution < -0.4 is 5.73 Å². The van der Waals surface area contributed by atoms with Crippen LogP contribution >= 0.6 is 0 Å². The van der Waals surface area contributed by atoms with Crippen LogP contribution in [-0.4, -0.2) is 20.7 Å². The molecular weight excluding hydrogens is 228 g/mol. The van der Waals surface area contributed by atoms with Crippen molar-refractivity contribution in [1.82, 2.24) is 14.8 Å². The van der Waals surface area contributed by atoms with Gasteiger partial charge >= 0.3 is 0 Å². The van der Waals surface area contributed by atoms with Crippen molar-refractivity contribution in [3.05, 3.63) is 42.2 Å². The van der Waals surface area contributed by atoms with Crippen LogP contribution in [0.5, 0.6) is 0 Å². The highest BCUT2D eigenvalue weighted by Crippen LogP contribution is 2.44. The number of rotatable bonds is 2. The van der Waals surface area contributed by atoms with Gasteiger partial charge in [-0.25, -0.2) is 4.98 Å². The van der Waals surface area contributed by atoms with Crippen LogP contribution in [-0.2, 0) is 5.41 Å². The van der Waals surface area contributed by atoms with Gasteiger partial charge in [0.2, 0.25) is 5.95 Å². The summed E-state index contributed by atoms with van der Waals surface area (Å²) in [5, 5.41) is 3.92. The molecule has 0 aliphatic heterocycles. The van der Waals surface area contributed by atoms with E-state index in [0.29, 0.717) is 0 Å². The number of nitrogens with zero attached hydrogens (tertiary/aromatic N) is 3. The average molecular weight is 242 g/mol. The molecule has 3 rings (SSSR count). The number of carbonyl (C=O) groups is 1. The van der Waals surface area contributed by atoms with Gasteiger partial charge in [-0.3, -0.25) is 4.79 Å². The summed E-state index contributed by atoms with van der Waals surface area (Å²) >= 11 is 0. The van der Waals surface area contributed by atoms with E-state index in [-0.39, 0.29) is 11.9 Å². The third-order valence-electron chi connectivity index (χ3n) is 3.66. The van der Waals surface area contributed by atoms with E-state index in [4.69, 9.17) is 5.73 Å². The molecule has 1 saturated carbocycles. The standard InChI is InChI=1S/C13H14N4O/c14-12-15-9-17(16-12)11(18)13(7-4-8-13)10-5-2-1-3-6-10/h1-3,5-6,9H,4,7-8H2,(H2,14,16). The van der Waals surface area contributed by atoms with Gasteiger partial charge in [-0.1, -0.05) is 36.8 Å². The van der Waals surface area contributed by atoms with Gasteiger partial charge in [0.05, 0.1) is 5.41 Å².